The fourth-order valence-corrected chi connectivity index (χ4v) is 6.49. The van der Waals surface area contributed by atoms with Crippen molar-refractivity contribution in [3.8, 4) is 0 Å². The van der Waals surface area contributed by atoms with Gasteiger partial charge in [0.05, 0.1) is 13.0 Å². The molecule has 10 nitrogen and oxygen atoms in total. The summed E-state index contributed by atoms with van der Waals surface area (Å²) in [5.74, 6) is -2.68. The predicted octanol–water partition coefficient (Wildman–Crippen LogP) is 2.07. The number of piperidine rings is 1. The second kappa shape index (κ2) is 8.90. The van der Waals surface area contributed by atoms with Crippen LogP contribution in [0, 0.1) is 31.0 Å². The molecule has 186 valence electrons. The van der Waals surface area contributed by atoms with Gasteiger partial charge in [0.15, 0.2) is 0 Å². The van der Waals surface area contributed by atoms with Crippen molar-refractivity contribution in [3.63, 3.8) is 0 Å². The molecule has 12 heteroatoms. The predicted molar refractivity (Wildman–Crippen MR) is 120 cm³/mol. The Morgan fingerprint density at radius 2 is 2.03 bits per heavy atom. The van der Waals surface area contributed by atoms with Gasteiger partial charge >= 0.3 is 11.7 Å². The zero-order valence-corrected chi connectivity index (χ0v) is 20.4. The minimum atomic E-state index is -4.05. The third-order valence-corrected chi connectivity index (χ3v) is 9.01. The summed E-state index contributed by atoms with van der Waals surface area (Å²) >= 11 is 0. The lowest BCUT2D eigenvalue weighted by Gasteiger charge is -2.33. The number of carbonyl (C=O) groups is 1. The zero-order valence-electron chi connectivity index (χ0n) is 19.6. The molecule has 0 bridgehead atoms. The van der Waals surface area contributed by atoms with E-state index in [0.717, 1.165) is 5.56 Å². The second-order valence-electron chi connectivity index (χ2n) is 9.28. The molecule has 0 amide bonds. The molecule has 2 aliphatic rings. The molecule has 1 aromatic heterocycles. The van der Waals surface area contributed by atoms with Crippen molar-refractivity contribution in [3.05, 3.63) is 51.1 Å². The average Bonchev–Trinajstić information content (AvgIpc) is 3.31. The molecular formula is C22H29FN4O6S. The molecule has 2 aromatic rings. The quantitative estimate of drug-likeness (QED) is 0.560. The summed E-state index contributed by atoms with van der Waals surface area (Å²) in [7, 11) is -2.69. The number of ether oxygens (including phenoxy) is 1. The van der Waals surface area contributed by atoms with Crippen molar-refractivity contribution in [2.75, 3.05) is 20.2 Å². The number of hydrogen-bond acceptors (Lipinski definition) is 7. The van der Waals surface area contributed by atoms with Gasteiger partial charge in [-0.1, -0.05) is 13.0 Å². The van der Waals surface area contributed by atoms with Gasteiger partial charge in [-0.05, 0) is 61.3 Å². The molecule has 3 atom stereocenters. The molecule has 2 unspecified atom stereocenters. The van der Waals surface area contributed by atoms with Crippen molar-refractivity contribution in [2.45, 2.75) is 52.0 Å². The summed E-state index contributed by atoms with van der Waals surface area (Å²) in [6.07, 6.45) is 1.78. The van der Waals surface area contributed by atoms with Crippen LogP contribution in [0.4, 0.5) is 4.39 Å². The van der Waals surface area contributed by atoms with E-state index in [1.165, 1.54) is 17.5 Å². The smallest absolute Gasteiger partial charge is 0.434 e. The van der Waals surface area contributed by atoms with E-state index in [-0.39, 0.29) is 36.3 Å². The van der Waals surface area contributed by atoms with Crippen molar-refractivity contribution in [1.29, 1.82) is 0 Å². The van der Waals surface area contributed by atoms with E-state index in [1.54, 1.807) is 19.9 Å². The molecule has 1 aliphatic heterocycles. The molecule has 1 aromatic carbocycles. The lowest BCUT2D eigenvalue weighted by atomic mass is 9.88. The Hall–Kier alpha value is -2.57. The summed E-state index contributed by atoms with van der Waals surface area (Å²) in [5, 5.41) is 5.97. The SMILES string of the molecule is COC(=O)C1CC12CCN(S(=O)(=O)N[C@H](c1n[nH]c(=O)o1)C(C)c1c(F)ccc(C)c1C)CC2. The number of benzene rings is 1. The first-order chi connectivity index (χ1) is 16.0. The van der Waals surface area contributed by atoms with Crippen molar-refractivity contribution >= 4 is 16.2 Å². The first-order valence-electron chi connectivity index (χ1n) is 11.2. The van der Waals surface area contributed by atoms with Crippen molar-refractivity contribution < 1.29 is 26.8 Å². The number of aromatic amines is 1. The zero-order chi connectivity index (χ0) is 24.8. The molecular weight excluding hydrogens is 467 g/mol. The molecule has 2 N–H and O–H groups in total. The van der Waals surface area contributed by atoms with E-state index in [4.69, 9.17) is 9.15 Å². The average molecular weight is 497 g/mol. The maximum Gasteiger partial charge on any atom is 0.434 e. The molecule has 1 spiro atoms. The van der Waals surface area contributed by atoms with E-state index in [2.05, 4.69) is 14.9 Å². The van der Waals surface area contributed by atoms with Crippen LogP contribution in [0.5, 0.6) is 0 Å². The summed E-state index contributed by atoms with van der Waals surface area (Å²) in [6.45, 7) is 5.71. The highest BCUT2D eigenvalue weighted by Gasteiger charge is 2.60. The Labute approximate surface area is 197 Å². The second-order valence-corrected chi connectivity index (χ2v) is 11.0. The van der Waals surface area contributed by atoms with Gasteiger partial charge in [0, 0.05) is 19.0 Å². The normalized spacial score (nSPS) is 21.9. The van der Waals surface area contributed by atoms with E-state index < -0.39 is 33.7 Å². The monoisotopic (exact) mass is 496 g/mol. The van der Waals surface area contributed by atoms with Crippen molar-refractivity contribution in [2.24, 2.45) is 11.3 Å². The highest BCUT2D eigenvalue weighted by atomic mass is 32.2. The molecule has 1 saturated heterocycles. The molecule has 1 aliphatic carbocycles. The summed E-state index contributed by atoms with van der Waals surface area (Å²) in [6, 6.07) is 1.86. The number of nitrogens with one attached hydrogen (secondary N) is 2. The Morgan fingerprint density at radius 3 is 2.62 bits per heavy atom. The standard InChI is InChI=1S/C22H29FN4O6S/c1-12-5-6-16(23)17(13(12)2)14(3)18(19-24-25-21(29)33-19)26-34(30,31)27-9-7-22(8-10-27)11-15(22)20(28)32-4/h5-6,14-15,18,26H,7-11H2,1-4H3,(H,25,29)/t14?,15?,18-/m0/s1. The number of rotatable bonds is 7. The molecule has 1 saturated carbocycles. The molecule has 34 heavy (non-hydrogen) atoms. The lowest BCUT2D eigenvalue weighted by molar-refractivity contribution is -0.143. The topological polar surface area (TPSA) is 135 Å². The molecule has 2 fully saturated rings. The van der Waals surface area contributed by atoms with Crippen LogP contribution >= 0.6 is 0 Å². The number of esters is 1. The van der Waals surface area contributed by atoms with Crippen LogP contribution in [0.15, 0.2) is 21.3 Å². The van der Waals surface area contributed by atoms with Gasteiger partial charge in [-0.15, -0.1) is 5.10 Å². The molecule has 2 heterocycles. The minimum Gasteiger partial charge on any atom is -0.469 e. The van der Waals surface area contributed by atoms with Gasteiger partial charge in [0.2, 0.25) is 5.89 Å². The Bertz CT molecular complexity index is 1250. The van der Waals surface area contributed by atoms with Gasteiger partial charge < -0.3 is 9.15 Å². The fourth-order valence-electron chi connectivity index (χ4n) is 5.05. The number of aromatic nitrogens is 2. The number of H-pyrrole nitrogens is 1. The molecule has 0 radical (unpaired) electrons. The van der Waals surface area contributed by atoms with Gasteiger partial charge in [-0.3, -0.25) is 4.79 Å². The third-order valence-electron chi connectivity index (χ3n) is 7.42. The van der Waals surface area contributed by atoms with Crippen LogP contribution in [0.25, 0.3) is 0 Å². The minimum absolute atomic E-state index is 0.178. The van der Waals surface area contributed by atoms with Gasteiger partial charge in [-0.25, -0.2) is 14.3 Å². The van der Waals surface area contributed by atoms with E-state index >= 15 is 0 Å². The highest BCUT2D eigenvalue weighted by molar-refractivity contribution is 7.87. The van der Waals surface area contributed by atoms with Gasteiger partial charge in [-0.2, -0.15) is 17.4 Å². The van der Waals surface area contributed by atoms with E-state index in [9.17, 15) is 22.4 Å². The van der Waals surface area contributed by atoms with Crippen LogP contribution in [0.3, 0.4) is 0 Å². The Balaban J connectivity index is 1.57. The first-order valence-corrected chi connectivity index (χ1v) is 12.6. The Kier molecular flexibility index (Phi) is 6.42. The van der Waals surface area contributed by atoms with Gasteiger partial charge in [0.25, 0.3) is 10.2 Å². The van der Waals surface area contributed by atoms with Crippen LogP contribution in [-0.4, -0.2) is 49.1 Å². The molecule has 4 rings (SSSR count). The number of methoxy groups -OCH3 is 1. The largest absolute Gasteiger partial charge is 0.469 e. The fraction of sp³-hybridized carbons (Fsp3) is 0.591. The van der Waals surface area contributed by atoms with E-state index in [0.29, 0.717) is 30.4 Å². The van der Waals surface area contributed by atoms with Gasteiger partial charge in [0.1, 0.15) is 11.9 Å². The van der Waals surface area contributed by atoms with Crippen molar-refractivity contribution in [1.82, 2.24) is 19.2 Å². The number of carbonyl (C=O) groups excluding carboxylic acids is 1. The summed E-state index contributed by atoms with van der Waals surface area (Å²) in [4.78, 5) is 23.5. The lowest BCUT2D eigenvalue weighted by Crippen LogP contribution is -2.47. The number of halogens is 1. The van der Waals surface area contributed by atoms with E-state index in [1.807, 2.05) is 6.92 Å². The summed E-state index contributed by atoms with van der Waals surface area (Å²) < 4.78 is 55.3. The third kappa shape index (κ3) is 4.41. The number of hydrogen-bond donors (Lipinski definition) is 2. The number of aryl methyl sites for hydroxylation is 1. The van der Waals surface area contributed by atoms with Crippen LogP contribution in [0.1, 0.15) is 60.7 Å². The van der Waals surface area contributed by atoms with Crippen LogP contribution < -0.4 is 10.5 Å². The summed E-state index contributed by atoms with van der Waals surface area (Å²) in [5.41, 5.74) is 1.63. The maximum absolute atomic E-state index is 14.8. The first kappa shape index (κ1) is 24.6. The highest BCUT2D eigenvalue weighted by Crippen LogP contribution is 2.60. The van der Waals surface area contributed by atoms with Crippen LogP contribution in [-0.2, 0) is 19.7 Å². The number of nitrogens with zero attached hydrogens (tertiary/aromatic N) is 2. The van der Waals surface area contributed by atoms with Crippen LogP contribution in [0.2, 0.25) is 0 Å². The Morgan fingerprint density at radius 1 is 1.35 bits per heavy atom. The maximum atomic E-state index is 14.8.